The van der Waals surface area contributed by atoms with Crippen LogP contribution in [0.3, 0.4) is 0 Å². The molecule has 9 rings (SSSR count). The molecule has 0 N–H and O–H groups in total. The molecule has 2 saturated heterocycles. The number of anilines is 2. The highest BCUT2D eigenvalue weighted by molar-refractivity contribution is 6.22. The van der Waals surface area contributed by atoms with Crippen molar-refractivity contribution >= 4 is 76.8 Å². The zero-order chi connectivity index (χ0) is 29.5. The Morgan fingerprint density at radius 1 is 0.568 bits per heavy atom. The van der Waals surface area contributed by atoms with E-state index in [1.54, 1.807) is 0 Å². The van der Waals surface area contributed by atoms with Crippen molar-refractivity contribution in [1.29, 1.82) is 5.26 Å². The SMILES string of the molecule is CC1CCN(c2ccc3cc4c(cc3c2)oc2cc3oc5cc6cc(N7CCC(C)CC7)ccc6cc5c3c(C#N)c24)CC1. The molecular formula is C39H35N3O2. The molecule has 5 aromatic carbocycles. The van der Waals surface area contributed by atoms with Crippen molar-refractivity contribution in [3.63, 3.8) is 0 Å². The number of nitriles is 1. The quantitative estimate of drug-likeness (QED) is 0.205. The van der Waals surface area contributed by atoms with Gasteiger partial charge in [-0.2, -0.15) is 5.26 Å². The van der Waals surface area contributed by atoms with Gasteiger partial charge in [0.2, 0.25) is 0 Å². The third-order valence-corrected chi connectivity index (χ3v) is 10.5. The van der Waals surface area contributed by atoms with E-state index in [1.807, 2.05) is 6.07 Å². The molecule has 5 nitrogen and oxygen atoms in total. The van der Waals surface area contributed by atoms with Gasteiger partial charge < -0.3 is 18.6 Å². The first kappa shape index (κ1) is 25.8. The van der Waals surface area contributed by atoms with Crippen LogP contribution in [0.25, 0.3) is 65.4 Å². The summed E-state index contributed by atoms with van der Waals surface area (Å²) in [5, 5.41) is 18.9. The minimum absolute atomic E-state index is 0.617. The fraction of sp³-hybridized carbons (Fsp3) is 0.308. The molecule has 2 fully saturated rings. The maximum absolute atomic E-state index is 10.6. The Hall–Kier alpha value is -4.69. The summed E-state index contributed by atoms with van der Waals surface area (Å²) in [5.41, 5.74) is 6.14. The van der Waals surface area contributed by atoms with E-state index in [2.05, 4.69) is 90.4 Å². The summed E-state index contributed by atoms with van der Waals surface area (Å²) in [5.74, 6) is 1.60. The van der Waals surface area contributed by atoms with Gasteiger partial charge in [0.1, 0.15) is 28.4 Å². The molecule has 0 unspecified atom stereocenters. The highest BCUT2D eigenvalue weighted by atomic mass is 16.3. The molecule has 44 heavy (non-hydrogen) atoms. The first-order chi connectivity index (χ1) is 21.5. The highest BCUT2D eigenvalue weighted by Gasteiger charge is 2.22. The molecule has 2 aromatic heterocycles. The average molecular weight is 578 g/mol. The monoisotopic (exact) mass is 577 g/mol. The lowest BCUT2D eigenvalue weighted by atomic mass is 9.97. The molecule has 0 radical (unpaired) electrons. The van der Waals surface area contributed by atoms with Crippen LogP contribution < -0.4 is 9.80 Å². The Balaban J connectivity index is 1.18. The van der Waals surface area contributed by atoms with Crippen LogP contribution in [-0.2, 0) is 0 Å². The van der Waals surface area contributed by atoms with Crippen LogP contribution in [-0.4, -0.2) is 26.2 Å². The van der Waals surface area contributed by atoms with Crippen molar-refractivity contribution in [3.8, 4) is 6.07 Å². The highest BCUT2D eigenvalue weighted by Crippen LogP contribution is 2.43. The summed E-state index contributed by atoms with van der Waals surface area (Å²) in [6.45, 7) is 9.11. The molecule has 4 heterocycles. The number of hydrogen-bond acceptors (Lipinski definition) is 5. The zero-order valence-electron chi connectivity index (χ0n) is 25.3. The molecule has 0 amide bonds. The van der Waals surface area contributed by atoms with Gasteiger partial charge in [0.15, 0.2) is 0 Å². The zero-order valence-corrected chi connectivity index (χ0v) is 25.3. The van der Waals surface area contributed by atoms with E-state index in [0.29, 0.717) is 16.7 Å². The Labute approximate surface area is 256 Å². The van der Waals surface area contributed by atoms with E-state index >= 15 is 0 Å². The number of fused-ring (bicyclic) bond motifs is 8. The maximum atomic E-state index is 10.6. The molecule has 0 saturated carbocycles. The molecule has 2 aliphatic heterocycles. The summed E-state index contributed by atoms with van der Waals surface area (Å²) in [7, 11) is 0. The second kappa shape index (κ2) is 9.66. The smallest absolute Gasteiger partial charge is 0.140 e. The van der Waals surface area contributed by atoms with Crippen molar-refractivity contribution in [3.05, 3.63) is 72.3 Å². The number of hydrogen-bond donors (Lipinski definition) is 0. The lowest BCUT2D eigenvalue weighted by molar-refractivity contribution is 0.438. The Bertz CT molecular complexity index is 2150. The molecule has 0 bridgehead atoms. The van der Waals surface area contributed by atoms with Crippen LogP contribution >= 0.6 is 0 Å². The van der Waals surface area contributed by atoms with Crippen LogP contribution in [0.1, 0.15) is 45.1 Å². The predicted molar refractivity (Wildman–Crippen MR) is 182 cm³/mol. The van der Waals surface area contributed by atoms with Crippen molar-refractivity contribution in [1.82, 2.24) is 0 Å². The van der Waals surface area contributed by atoms with Crippen LogP contribution in [0.4, 0.5) is 11.4 Å². The molecule has 5 heteroatoms. The Morgan fingerprint density at radius 2 is 1.02 bits per heavy atom. The number of piperidine rings is 2. The fourth-order valence-corrected chi connectivity index (χ4v) is 7.69. The summed E-state index contributed by atoms with van der Waals surface area (Å²) in [6, 6.07) is 26.6. The first-order valence-electron chi connectivity index (χ1n) is 16.2. The summed E-state index contributed by atoms with van der Waals surface area (Å²) >= 11 is 0. The molecule has 218 valence electrons. The number of benzene rings is 5. The number of rotatable bonds is 2. The van der Waals surface area contributed by atoms with E-state index < -0.39 is 0 Å². The number of nitrogens with zero attached hydrogens (tertiary/aromatic N) is 3. The Kier molecular flexibility index (Phi) is 5.66. The van der Waals surface area contributed by atoms with Crippen molar-refractivity contribution < 1.29 is 8.83 Å². The summed E-state index contributed by atoms with van der Waals surface area (Å²) in [4.78, 5) is 4.99. The van der Waals surface area contributed by atoms with E-state index in [0.717, 1.165) is 92.3 Å². The van der Waals surface area contributed by atoms with Gasteiger partial charge in [-0.05, 0) is 108 Å². The maximum Gasteiger partial charge on any atom is 0.140 e. The lowest BCUT2D eigenvalue weighted by Gasteiger charge is -2.32. The normalized spacial score (nSPS) is 17.2. The minimum atomic E-state index is 0.617. The largest absolute Gasteiger partial charge is 0.456 e. The van der Waals surface area contributed by atoms with Crippen LogP contribution in [0.15, 0.2) is 75.6 Å². The third kappa shape index (κ3) is 3.97. The van der Waals surface area contributed by atoms with Crippen molar-refractivity contribution in [2.24, 2.45) is 11.8 Å². The van der Waals surface area contributed by atoms with Gasteiger partial charge in [-0.1, -0.05) is 26.0 Å². The second-order valence-corrected chi connectivity index (χ2v) is 13.4. The van der Waals surface area contributed by atoms with E-state index in [-0.39, 0.29) is 0 Å². The van der Waals surface area contributed by atoms with Gasteiger partial charge >= 0.3 is 0 Å². The minimum Gasteiger partial charge on any atom is -0.456 e. The first-order valence-corrected chi connectivity index (χ1v) is 16.2. The van der Waals surface area contributed by atoms with Gasteiger partial charge in [0.25, 0.3) is 0 Å². The third-order valence-electron chi connectivity index (χ3n) is 10.5. The Morgan fingerprint density at radius 3 is 1.45 bits per heavy atom. The van der Waals surface area contributed by atoms with Crippen molar-refractivity contribution in [2.75, 3.05) is 36.0 Å². The van der Waals surface area contributed by atoms with Crippen LogP contribution in [0.5, 0.6) is 0 Å². The molecule has 0 spiro atoms. The van der Waals surface area contributed by atoms with Crippen LogP contribution in [0, 0.1) is 23.2 Å². The van der Waals surface area contributed by atoms with Gasteiger partial charge in [-0.15, -0.1) is 0 Å². The fourth-order valence-electron chi connectivity index (χ4n) is 7.69. The molecule has 0 aliphatic carbocycles. The molecule has 2 aliphatic rings. The van der Waals surface area contributed by atoms with Gasteiger partial charge in [-0.3, -0.25) is 0 Å². The van der Waals surface area contributed by atoms with E-state index in [1.165, 1.54) is 37.1 Å². The average Bonchev–Trinajstić information content (AvgIpc) is 3.58. The van der Waals surface area contributed by atoms with Gasteiger partial charge in [-0.25, -0.2) is 0 Å². The van der Waals surface area contributed by atoms with Gasteiger partial charge in [0, 0.05) is 65.2 Å². The molecule has 0 atom stereocenters. The second-order valence-electron chi connectivity index (χ2n) is 13.4. The number of furan rings is 2. The standard InChI is InChI=1S/C39H35N3O2/c1-23-7-11-41(12-8-23)29-5-3-25-17-31-34(19-27(25)15-29)43-36-21-37-39(33(22-40)38(31)36)32-18-26-4-6-30(16-28(26)20-35(32)44-37)42-13-9-24(2)10-14-42/h3-6,15-21,23-24H,7-14H2,1-2H3. The summed E-state index contributed by atoms with van der Waals surface area (Å²) in [6.07, 6.45) is 4.95. The summed E-state index contributed by atoms with van der Waals surface area (Å²) < 4.78 is 12.9. The van der Waals surface area contributed by atoms with Crippen molar-refractivity contribution in [2.45, 2.75) is 39.5 Å². The van der Waals surface area contributed by atoms with E-state index in [9.17, 15) is 5.26 Å². The molecular weight excluding hydrogens is 542 g/mol. The van der Waals surface area contributed by atoms with Gasteiger partial charge in [0.05, 0.1) is 5.56 Å². The predicted octanol–water partition coefficient (Wildman–Crippen LogP) is 10.1. The lowest BCUT2D eigenvalue weighted by Crippen LogP contribution is -2.32. The molecule has 7 aromatic rings. The topological polar surface area (TPSA) is 56.6 Å². The van der Waals surface area contributed by atoms with Crippen LogP contribution in [0.2, 0.25) is 0 Å². The van der Waals surface area contributed by atoms with E-state index in [4.69, 9.17) is 8.83 Å².